The van der Waals surface area contributed by atoms with Crippen LogP contribution in [0.25, 0.3) is 0 Å². The van der Waals surface area contributed by atoms with Crippen LogP contribution in [0.15, 0.2) is 24.3 Å². The lowest BCUT2D eigenvalue weighted by Crippen LogP contribution is -2.42. The molecular weight excluding hydrogens is 292 g/mol. The van der Waals surface area contributed by atoms with E-state index in [1.807, 2.05) is 36.1 Å². The van der Waals surface area contributed by atoms with Gasteiger partial charge in [0.2, 0.25) is 5.91 Å². The Hall–Kier alpha value is -1.14. The minimum Gasteiger partial charge on any atom is -0.376 e. The van der Waals surface area contributed by atoms with Crippen LogP contribution in [-0.2, 0) is 14.3 Å². The first-order valence-corrected chi connectivity index (χ1v) is 7.54. The monoisotopic (exact) mass is 310 g/mol. The standard InChI is InChI=1S/C15H19ClN2O3/c1-10-15(19)18(8-13-9-20-5-6-21-13)14(17-10)11-3-2-4-12(16)7-11/h2-4,7,10,13-14,17H,5-6,8-9H2,1H3. The number of nitrogens with zero attached hydrogens (tertiary/aromatic N) is 1. The van der Waals surface area contributed by atoms with E-state index in [1.165, 1.54) is 0 Å². The van der Waals surface area contributed by atoms with Crippen molar-refractivity contribution < 1.29 is 14.3 Å². The number of carbonyl (C=O) groups excluding carboxylic acids is 1. The fourth-order valence-corrected chi connectivity index (χ4v) is 2.98. The molecule has 3 unspecified atom stereocenters. The van der Waals surface area contributed by atoms with Crippen molar-refractivity contribution in [2.75, 3.05) is 26.4 Å². The summed E-state index contributed by atoms with van der Waals surface area (Å²) in [6, 6.07) is 7.37. The van der Waals surface area contributed by atoms with Crippen LogP contribution in [0.1, 0.15) is 18.7 Å². The van der Waals surface area contributed by atoms with Crippen molar-refractivity contribution in [2.24, 2.45) is 0 Å². The maximum absolute atomic E-state index is 12.4. The van der Waals surface area contributed by atoms with Crippen LogP contribution in [0.2, 0.25) is 5.02 Å². The van der Waals surface area contributed by atoms with Crippen LogP contribution in [0.5, 0.6) is 0 Å². The number of hydrogen-bond donors (Lipinski definition) is 1. The van der Waals surface area contributed by atoms with E-state index in [-0.39, 0.29) is 24.2 Å². The van der Waals surface area contributed by atoms with E-state index in [9.17, 15) is 4.79 Å². The van der Waals surface area contributed by atoms with Gasteiger partial charge in [-0.2, -0.15) is 0 Å². The molecule has 1 aromatic rings. The van der Waals surface area contributed by atoms with E-state index in [0.29, 0.717) is 31.4 Å². The molecule has 2 saturated heterocycles. The lowest BCUT2D eigenvalue weighted by atomic mass is 10.1. The molecule has 1 amide bonds. The maximum Gasteiger partial charge on any atom is 0.241 e. The number of nitrogens with one attached hydrogen (secondary N) is 1. The van der Waals surface area contributed by atoms with Gasteiger partial charge >= 0.3 is 0 Å². The van der Waals surface area contributed by atoms with Gasteiger partial charge in [-0.25, -0.2) is 0 Å². The smallest absolute Gasteiger partial charge is 0.241 e. The van der Waals surface area contributed by atoms with Gasteiger partial charge in [0, 0.05) is 5.02 Å². The van der Waals surface area contributed by atoms with Crippen LogP contribution in [0, 0.1) is 0 Å². The molecule has 21 heavy (non-hydrogen) atoms. The first-order chi connectivity index (χ1) is 10.1. The zero-order chi connectivity index (χ0) is 14.8. The molecule has 2 fully saturated rings. The van der Waals surface area contributed by atoms with Crippen molar-refractivity contribution in [2.45, 2.75) is 25.2 Å². The summed E-state index contributed by atoms with van der Waals surface area (Å²) in [6.07, 6.45) is -0.242. The molecule has 2 heterocycles. The highest BCUT2D eigenvalue weighted by molar-refractivity contribution is 6.30. The quantitative estimate of drug-likeness (QED) is 0.921. The Morgan fingerprint density at radius 2 is 2.29 bits per heavy atom. The SMILES string of the molecule is CC1NC(c2cccc(Cl)c2)N(CC2COCCO2)C1=O. The number of ether oxygens (including phenoxy) is 2. The van der Waals surface area contributed by atoms with E-state index >= 15 is 0 Å². The van der Waals surface area contributed by atoms with Crippen LogP contribution in [0.3, 0.4) is 0 Å². The summed E-state index contributed by atoms with van der Waals surface area (Å²) in [5.74, 6) is 0.0779. The van der Waals surface area contributed by atoms with Gasteiger partial charge in [0.15, 0.2) is 0 Å². The Balaban J connectivity index is 1.78. The van der Waals surface area contributed by atoms with Crippen LogP contribution < -0.4 is 5.32 Å². The number of rotatable bonds is 3. The third kappa shape index (κ3) is 3.21. The fraction of sp³-hybridized carbons (Fsp3) is 0.533. The van der Waals surface area contributed by atoms with Gasteiger partial charge in [0.05, 0.1) is 38.5 Å². The molecule has 2 aliphatic rings. The van der Waals surface area contributed by atoms with Gasteiger partial charge in [0.1, 0.15) is 6.17 Å². The minimum atomic E-state index is -0.210. The molecule has 1 N–H and O–H groups in total. The van der Waals surface area contributed by atoms with Crippen molar-refractivity contribution >= 4 is 17.5 Å². The van der Waals surface area contributed by atoms with Crippen LogP contribution in [-0.4, -0.2) is 49.3 Å². The molecule has 0 spiro atoms. The second-order valence-corrected chi connectivity index (χ2v) is 5.84. The summed E-state index contributed by atoms with van der Waals surface area (Å²) in [5.41, 5.74) is 0.983. The molecule has 114 valence electrons. The van der Waals surface area contributed by atoms with Gasteiger partial charge in [0.25, 0.3) is 0 Å². The highest BCUT2D eigenvalue weighted by Crippen LogP contribution is 2.27. The molecule has 0 aromatic heterocycles. The van der Waals surface area contributed by atoms with Crippen molar-refractivity contribution in [3.63, 3.8) is 0 Å². The Labute approximate surface area is 129 Å². The van der Waals surface area contributed by atoms with Crippen molar-refractivity contribution in [3.8, 4) is 0 Å². The Kier molecular flexibility index (Phi) is 4.45. The molecular formula is C15H19ClN2O3. The highest BCUT2D eigenvalue weighted by atomic mass is 35.5. The summed E-state index contributed by atoms with van der Waals surface area (Å²) < 4.78 is 11.1. The first kappa shape index (κ1) is 14.8. The molecule has 0 aliphatic carbocycles. The zero-order valence-corrected chi connectivity index (χ0v) is 12.7. The Bertz CT molecular complexity index is 519. The van der Waals surface area contributed by atoms with Gasteiger partial charge in [-0.1, -0.05) is 23.7 Å². The maximum atomic E-state index is 12.4. The number of benzene rings is 1. The average molecular weight is 311 g/mol. The van der Waals surface area contributed by atoms with E-state index in [4.69, 9.17) is 21.1 Å². The van der Waals surface area contributed by atoms with Crippen LogP contribution >= 0.6 is 11.6 Å². The second-order valence-electron chi connectivity index (χ2n) is 5.40. The van der Waals surface area contributed by atoms with Gasteiger partial charge < -0.3 is 14.4 Å². The van der Waals surface area contributed by atoms with Gasteiger partial charge in [-0.05, 0) is 24.6 Å². The third-order valence-electron chi connectivity index (χ3n) is 3.82. The topological polar surface area (TPSA) is 50.8 Å². The number of carbonyl (C=O) groups is 1. The van der Waals surface area contributed by atoms with Crippen LogP contribution in [0.4, 0.5) is 0 Å². The number of amides is 1. The van der Waals surface area contributed by atoms with Gasteiger partial charge in [-0.15, -0.1) is 0 Å². The summed E-state index contributed by atoms with van der Waals surface area (Å²) in [4.78, 5) is 14.2. The van der Waals surface area contributed by atoms with E-state index in [2.05, 4.69) is 5.32 Å². The predicted octanol–water partition coefficient (Wildman–Crippen LogP) is 1.57. The Morgan fingerprint density at radius 1 is 1.43 bits per heavy atom. The fourth-order valence-electron chi connectivity index (χ4n) is 2.78. The van der Waals surface area contributed by atoms with E-state index in [1.54, 1.807) is 0 Å². The molecule has 0 bridgehead atoms. The normalized spacial score (nSPS) is 29.9. The molecule has 5 nitrogen and oxygen atoms in total. The van der Waals surface area contributed by atoms with Crippen molar-refractivity contribution in [1.29, 1.82) is 0 Å². The lowest BCUT2D eigenvalue weighted by Gasteiger charge is -2.31. The van der Waals surface area contributed by atoms with E-state index < -0.39 is 0 Å². The third-order valence-corrected chi connectivity index (χ3v) is 4.06. The number of hydrogen-bond acceptors (Lipinski definition) is 4. The van der Waals surface area contributed by atoms with Gasteiger partial charge in [-0.3, -0.25) is 10.1 Å². The average Bonchev–Trinajstić information content (AvgIpc) is 2.77. The largest absolute Gasteiger partial charge is 0.376 e. The van der Waals surface area contributed by atoms with Crippen molar-refractivity contribution in [3.05, 3.63) is 34.9 Å². The zero-order valence-electron chi connectivity index (χ0n) is 11.9. The second kappa shape index (κ2) is 6.32. The summed E-state index contributed by atoms with van der Waals surface area (Å²) >= 11 is 6.06. The molecule has 3 rings (SSSR count). The first-order valence-electron chi connectivity index (χ1n) is 7.16. The highest BCUT2D eigenvalue weighted by Gasteiger charge is 2.38. The Morgan fingerprint density at radius 3 is 3.00 bits per heavy atom. The summed E-state index contributed by atoms with van der Waals surface area (Å²) in [6.45, 7) is 4.13. The molecule has 1 aromatic carbocycles. The van der Waals surface area contributed by atoms with Crippen molar-refractivity contribution in [1.82, 2.24) is 10.2 Å². The summed E-state index contributed by atoms with van der Waals surface area (Å²) in [5, 5.41) is 3.97. The molecule has 0 radical (unpaired) electrons. The summed E-state index contributed by atoms with van der Waals surface area (Å²) in [7, 11) is 0. The minimum absolute atomic E-state index is 0.0727. The lowest BCUT2D eigenvalue weighted by molar-refractivity contribution is -0.137. The molecule has 2 aliphatic heterocycles. The molecule has 3 atom stereocenters. The molecule has 0 saturated carbocycles. The number of halogens is 1. The molecule has 6 heteroatoms. The van der Waals surface area contributed by atoms with E-state index in [0.717, 1.165) is 5.56 Å². The predicted molar refractivity (Wildman–Crippen MR) is 79.1 cm³/mol.